The van der Waals surface area contributed by atoms with Gasteiger partial charge >= 0.3 is 0 Å². The van der Waals surface area contributed by atoms with Crippen molar-refractivity contribution >= 4 is 22.6 Å². The highest BCUT2D eigenvalue weighted by molar-refractivity contribution is 14.1. The second-order valence-corrected chi connectivity index (χ2v) is 4.34. The molecule has 76 valence electrons. The molecule has 0 aliphatic carbocycles. The van der Waals surface area contributed by atoms with Crippen LogP contribution in [-0.2, 0) is 6.42 Å². The lowest BCUT2D eigenvalue weighted by Gasteiger charge is -2.08. The zero-order valence-electron chi connectivity index (χ0n) is 8.76. The predicted molar refractivity (Wildman–Crippen MR) is 69.1 cm³/mol. The molecule has 1 nitrogen and oxygen atoms in total. The van der Waals surface area contributed by atoms with Gasteiger partial charge in [-0.05, 0) is 42.4 Å². The van der Waals surface area contributed by atoms with Gasteiger partial charge in [0.25, 0.3) is 0 Å². The molecule has 2 heteroatoms. The van der Waals surface area contributed by atoms with Gasteiger partial charge in [-0.15, -0.1) is 0 Å². The molecule has 14 heavy (non-hydrogen) atoms. The molecule has 0 radical (unpaired) electrons. The van der Waals surface area contributed by atoms with Gasteiger partial charge in [0, 0.05) is 0 Å². The lowest BCUT2D eigenvalue weighted by atomic mass is 10.0. The molecule has 1 N–H and O–H groups in total. The summed E-state index contributed by atoms with van der Waals surface area (Å²) in [5, 5.41) is 9.84. The quantitative estimate of drug-likeness (QED) is 0.822. The van der Waals surface area contributed by atoms with Crippen LogP contribution in [-0.4, -0.2) is 5.11 Å². The van der Waals surface area contributed by atoms with Crippen LogP contribution in [0.4, 0.5) is 0 Å². The molecule has 0 aromatic heterocycles. The molecule has 0 amide bonds. The lowest BCUT2D eigenvalue weighted by Crippen LogP contribution is -1.91. The summed E-state index contributed by atoms with van der Waals surface area (Å²) in [7, 11) is 0. The normalized spacial score (nSPS) is 11.9. The Labute approximate surface area is 99.0 Å². The molecule has 0 heterocycles. The van der Waals surface area contributed by atoms with Gasteiger partial charge in [0.05, 0.1) is 0 Å². The van der Waals surface area contributed by atoms with Crippen molar-refractivity contribution in [1.29, 1.82) is 0 Å². The first kappa shape index (κ1) is 11.6. The maximum Gasteiger partial charge on any atom is 0.122 e. The first-order valence-corrected chi connectivity index (χ1v) is 5.84. The third-order valence-electron chi connectivity index (χ3n) is 2.18. The third-order valence-corrected chi connectivity index (χ3v) is 3.24. The fourth-order valence-corrected chi connectivity index (χ4v) is 1.74. The zero-order valence-corrected chi connectivity index (χ0v) is 10.9. The second kappa shape index (κ2) is 4.82. The van der Waals surface area contributed by atoms with Gasteiger partial charge in [0.2, 0.25) is 0 Å². The fourth-order valence-electron chi connectivity index (χ4n) is 1.52. The standard InChI is InChI=1S/C12H15IO/c1-8-4-10(3)12(14)11(5-8)6-9(2)7-13/h4-5,7,14H,6H2,1-3H3/b9-7+. The highest BCUT2D eigenvalue weighted by Crippen LogP contribution is 2.26. The van der Waals surface area contributed by atoms with E-state index in [9.17, 15) is 5.11 Å². The number of rotatable bonds is 2. The molecule has 0 aliphatic rings. The monoisotopic (exact) mass is 302 g/mol. The molecular formula is C12H15IO. The molecular weight excluding hydrogens is 287 g/mol. The summed E-state index contributed by atoms with van der Waals surface area (Å²) in [5.41, 5.74) is 4.46. The van der Waals surface area contributed by atoms with E-state index in [1.807, 2.05) is 19.1 Å². The summed E-state index contributed by atoms with van der Waals surface area (Å²) in [6.45, 7) is 6.07. The molecule has 0 aliphatic heterocycles. The summed E-state index contributed by atoms with van der Waals surface area (Å²) in [5.74, 6) is 0.438. The second-order valence-electron chi connectivity index (χ2n) is 3.72. The molecule has 1 aromatic carbocycles. The van der Waals surface area contributed by atoms with Gasteiger partial charge in [-0.25, -0.2) is 0 Å². The molecule has 0 fully saturated rings. The van der Waals surface area contributed by atoms with E-state index < -0.39 is 0 Å². The Balaban J connectivity index is 3.08. The predicted octanol–water partition coefficient (Wildman–Crippen LogP) is 3.89. The molecule has 0 unspecified atom stereocenters. The fraction of sp³-hybridized carbons (Fsp3) is 0.333. The van der Waals surface area contributed by atoms with Crippen LogP contribution in [0.5, 0.6) is 5.75 Å². The van der Waals surface area contributed by atoms with Crippen molar-refractivity contribution in [2.75, 3.05) is 0 Å². The first-order valence-electron chi connectivity index (χ1n) is 4.59. The van der Waals surface area contributed by atoms with Crippen molar-refractivity contribution in [3.05, 3.63) is 38.5 Å². The van der Waals surface area contributed by atoms with E-state index in [0.717, 1.165) is 17.5 Å². The number of aromatic hydroxyl groups is 1. The smallest absolute Gasteiger partial charge is 0.122 e. The number of benzene rings is 1. The summed E-state index contributed by atoms with van der Waals surface area (Å²) in [6, 6.07) is 4.05. The van der Waals surface area contributed by atoms with Gasteiger partial charge < -0.3 is 5.11 Å². The molecule has 0 saturated heterocycles. The van der Waals surface area contributed by atoms with E-state index in [1.54, 1.807) is 0 Å². The SMILES string of the molecule is C/C(=C\I)Cc1cc(C)cc(C)c1O. The summed E-state index contributed by atoms with van der Waals surface area (Å²) >= 11 is 2.23. The molecule has 0 spiro atoms. The largest absolute Gasteiger partial charge is 0.507 e. The zero-order chi connectivity index (χ0) is 10.7. The van der Waals surface area contributed by atoms with Crippen molar-refractivity contribution in [3.63, 3.8) is 0 Å². The molecule has 0 bridgehead atoms. The number of phenolic OH excluding ortho intramolecular Hbond substituents is 1. The van der Waals surface area contributed by atoms with Crippen LogP contribution in [0.15, 0.2) is 21.8 Å². The van der Waals surface area contributed by atoms with Crippen molar-refractivity contribution in [2.24, 2.45) is 0 Å². The van der Waals surface area contributed by atoms with Crippen LogP contribution in [0.1, 0.15) is 23.6 Å². The summed E-state index contributed by atoms with van der Waals surface area (Å²) in [4.78, 5) is 0. The van der Waals surface area contributed by atoms with Gasteiger partial charge in [0.15, 0.2) is 0 Å². The Kier molecular flexibility index (Phi) is 3.98. The van der Waals surface area contributed by atoms with Crippen LogP contribution in [0.3, 0.4) is 0 Å². The van der Waals surface area contributed by atoms with Crippen molar-refractivity contribution < 1.29 is 5.11 Å². The van der Waals surface area contributed by atoms with E-state index in [1.165, 1.54) is 11.1 Å². The van der Waals surface area contributed by atoms with E-state index in [-0.39, 0.29) is 0 Å². The third kappa shape index (κ3) is 2.74. The Morgan fingerprint density at radius 3 is 2.64 bits per heavy atom. The topological polar surface area (TPSA) is 20.2 Å². The minimum Gasteiger partial charge on any atom is -0.507 e. The summed E-state index contributed by atoms with van der Waals surface area (Å²) in [6.07, 6.45) is 0.831. The maximum absolute atomic E-state index is 9.84. The molecule has 1 aromatic rings. The Hall–Kier alpha value is -0.510. The van der Waals surface area contributed by atoms with Gasteiger partial charge in [-0.1, -0.05) is 45.9 Å². The number of hydrogen-bond acceptors (Lipinski definition) is 1. The van der Waals surface area contributed by atoms with Crippen LogP contribution < -0.4 is 0 Å². The number of hydrogen-bond donors (Lipinski definition) is 1. The van der Waals surface area contributed by atoms with E-state index in [2.05, 4.69) is 40.5 Å². The molecule has 0 atom stereocenters. The average molecular weight is 302 g/mol. The van der Waals surface area contributed by atoms with Crippen LogP contribution in [0.2, 0.25) is 0 Å². The Morgan fingerprint density at radius 2 is 2.07 bits per heavy atom. The maximum atomic E-state index is 9.84. The van der Waals surface area contributed by atoms with Crippen LogP contribution in [0.25, 0.3) is 0 Å². The van der Waals surface area contributed by atoms with Crippen LogP contribution >= 0.6 is 22.6 Å². The number of aryl methyl sites for hydroxylation is 2. The minimum atomic E-state index is 0.438. The highest BCUT2D eigenvalue weighted by Gasteiger charge is 2.05. The minimum absolute atomic E-state index is 0.438. The number of phenols is 1. The molecule has 1 rings (SSSR count). The van der Waals surface area contributed by atoms with E-state index >= 15 is 0 Å². The van der Waals surface area contributed by atoms with Gasteiger partial charge in [0.1, 0.15) is 5.75 Å². The number of halogens is 1. The first-order chi connectivity index (χ1) is 6.54. The summed E-state index contributed by atoms with van der Waals surface area (Å²) < 4.78 is 2.05. The molecule has 0 saturated carbocycles. The van der Waals surface area contributed by atoms with E-state index in [4.69, 9.17) is 0 Å². The average Bonchev–Trinajstić information content (AvgIpc) is 2.13. The van der Waals surface area contributed by atoms with Crippen molar-refractivity contribution in [1.82, 2.24) is 0 Å². The van der Waals surface area contributed by atoms with Crippen LogP contribution in [0, 0.1) is 13.8 Å². The van der Waals surface area contributed by atoms with Crippen molar-refractivity contribution in [2.45, 2.75) is 27.2 Å². The lowest BCUT2D eigenvalue weighted by molar-refractivity contribution is 0.465. The van der Waals surface area contributed by atoms with Crippen molar-refractivity contribution in [3.8, 4) is 5.75 Å². The Bertz CT molecular complexity index is 367. The van der Waals surface area contributed by atoms with E-state index in [0.29, 0.717) is 5.75 Å². The van der Waals surface area contributed by atoms with Gasteiger partial charge in [-0.3, -0.25) is 0 Å². The van der Waals surface area contributed by atoms with Gasteiger partial charge in [-0.2, -0.15) is 0 Å². The Morgan fingerprint density at radius 1 is 1.43 bits per heavy atom. The number of allylic oxidation sites excluding steroid dienone is 1. The highest BCUT2D eigenvalue weighted by atomic mass is 127.